The van der Waals surface area contributed by atoms with Crippen molar-refractivity contribution < 1.29 is 4.29 Å². The van der Waals surface area contributed by atoms with Crippen molar-refractivity contribution in [1.82, 2.24) is 0 Å². The molecule has 0 spiro atoms. The number of hydrogen-bond acceptors (Lipinski definition) is 1. The molecular weight excluding hydrogens is 316 g/mol. The monoisotopic (exact) mass is 338 g/mol. The van der Waals surface area contributed by atoms with E-state index in [4.69, 9.17) is 16.2 Å². The number of aryl methyl sites for hydroxylation is 1. The molecule has 3 rings (SSSR count). The fraction of sp³-hybridized carbons (Fsp3) is 0.182. The summed E-state index contributed by atoms with van der Waals surface area (Å²) in [6.45, 7) is 6.08. The van der Waals surface area contributed by atoms with E-state index in [-0.39, 0.29) is 0 Å². The van der Waals surface area contributed by atoms with Crippen molar-refractivity contribution in [2.45, 2.75) is 26.4 Å². The number of benzene rings is 3. The first kappa shape index (κ1) is 18.3. The molecule has 2 heteroatoms. The minimum absolute atomic E-state index is 0.824. The molecule has 0 unspecified atom stereocenters. The minimum Gasteiger partial charge on any atom is -0.258 e. The van der Waals surface area contributed by atoms with Crippen LogP contribution in [0.4, 0.5) is 0 Å². The van der Waals surface area contributed by atoms with Gasteiger partial charge in [-0.2, -0.15) is 0 Å². The van der Waals surface area contributed by atoms with E-state index in [2.05, 4.69) is 19.1 Å². The maximum Gasteiger partial charge on any atom is 0.165 e. The highest BCUT2D eigenvalue weighted by atomic mass is 35.5. The Labute approximate surface area is 150 Å². The van der Waals surface area contributed by atoms with Gasteiger partial charge < -0.3 is 0 Å². The summed E-state index contributed by atoms with van der Waals surface area (Å²) in [6.07, 6.45) is 0. The summed E-state index contributed by atoms with van der Waals surface area (Å²) in [5.41, 5.74) is 3.37. The average molecular weight is 339 g/mol. The zero-order valence-electron chi connectivity index (χ0n) is 14.4. The van der Waals surface area contributed by atoms with E-state index in [1.807, 2.05) is 86.6 Å². The van der Waals surface area contributed by atoms with Gasteiger partial charge in [-0.1, -0.05) is 98.8 Å². The predicted octanol–water partition coefficient (Wildman–Crippen LogP) is 6.48. The van der Waals surface area contributed by atoms with Crippen molar-refractivity contribution in [1.29, 1.82) is 0 Å². The van der Waals surface area contributed by atoms with Gasteiger partial charge in [0.1, 0.15) is 0 Å². The molecule has 0 amide bonds. The van der Waals surface area contributed by atoms with Gasteiger partial charge in [-0.25, -0.2) is 0 Å². The van der Waals surface area contributed by atoms with Gasteiger partial charge in [0, 0.05) is 0 Å². The number of rotatable bonds is 4. The van der Waals surface area contributed by atoms with Gasteiger partial charge in [0.25, 0.3) is 0 Å². The number of hydrogen-bond donors (Lipinski definition) is 0. The SMILES string of the molecule is CC.Cc1ccccc1C(OCl)(c1ccccc1)c1ccccc1. The van der Waals surface area contributed by atoms with Crippen LogP contribution in [-0.2, 0) is 9.89 Å². The van der Waals surface area contributed by atoms with Crippen LogP contribution in [0.1, 0.15) is 36.1 Å². The van der Waals surface area contributed by atoms with E-state index in [1.165, 1.54) is 0 Å². The molecule has 0 atom stereocenters. The Morgan fingerprint density at radius 2 is 1.08 bits per heavy atom. The maximum atomic E-state index is 6.10. The van der Waals surface area contributed by atoms with Gasteiger partial charge in [0.2, 0.25) is 0 Å². The molecule has 0 aliphatic carbocycles. The highest BCUT2D eigenvalue weighted by molar-refractivity contribution is 6.08. The Morgan fingerprint density at radius 3 is 1.50 bits per heavy atom. The van der Waals surface area contributed by atoms with Crippen molar-refractivity contribution in [3.63, 3.8) is 0 Å². The van der Waals surface area contributed by atoms with Crippen LogP contribution in [0.5, 0.6) is 0 Å². The molecule has 0 N–H and O–H groups in total. The third kappa shape index (κ3) is 3.38. The molecule has 124 valence electrons. The fourth-order valence-corrected chi connectivity index (χ4v) is 3.18. The van der Waals surface area contributed by atoms with Crippen LogP contribution in [0.15, 0.2) is 84.9 Å². The van der Waals surface area contributed by atoms with Crippen molar-refractivity contribution >= 4 is 11.9 Å². The van der Waals surface area contributed by atoms with Gasteiger partial charge in [-0.15, -0.1) is 0 Å². The summed E-state index contributed by atoms with van der Waals surface area (Å²) in [7, 11) is 0. The summed E-state index contributed by atoms with van der Waals surface area (Å²) in [6, 6.07) is 28.3. The van der Waals surface area contributed by atoms with E-state index >= 15 is 0 Å². The lowest BCUT2D eigenvalue weighted by Gasteiger charge is -2.33. The van der Waals surface area contributed by atoms with Crippen LogP contribution in [0.25, 0.3) is 0 Å². The molecule has 3 aromatic carbocycles. The minimum atomic E-state index is -0.824. The second-order valence-electron chi connectivity index (χ2n) is 5.31. The molecule has 0 aliphatic heterocycles. The third-order valence-corrected chi connectivity index (χ3v) is 4.23. The Bertz CT molecular complexity index is 699. The molecule has 0 heterocycles. The quantitative estimate of drug-likeness (QED) is 0.494. The lowest BCUT2D eigenvalue weighted by Crippen LogP contribution is -2.30. The van der Waals surface area contributed by atoms with Crippen LogP contribution in [0, 0.1) is 6.92 Å². The zero-order valence-corrected chi connectivity index (χ0v) is 15.1. The fourth-order valence-electron chi connectivity index (χ4n) is 2.92. The van der Waals surface area contributed by atoms with Crippen LogP contribution in [0.2, 0.25) is 0 Å². The molecule has 0 fully saturated rings. The van der Waals surface area contributed by atoms with Gasteiger partial charge in [-0.05, 0) is 29.2 Å². The van der Waals surface area contributed by atoms with Gasteiger partial charge in [0.05, 0.1) is 11.9 Å². The molecule has 0 aliphatic rings. The molecule has 24 heavy (non-hydrogen) atoms. The smallest absolute Gasteiger partial charge is 0.165 e. The largest absolute Gasteiger partial charge is 0.258 e. The Balaban J connectivity index is 0.00000100. The van der Waals surface area contributed by atoms with Gasteiger partial charge in [0.15, 0.2) is 5.60 Å². The summed E-state index contributed by atoms with van der Waals surface area (Å²) >= 11 is 6.10. The second kappa shape index (κ2) is 8.68. The standard InChI is InChI=1S/C20H17ClO.C2H6/c1-16-10-8-9-15-19(16)20(22-21,17-11-4-2-5-12-17)18-13-6-3-7-14-18;1-2/h2-15H,1H3;1-2H3. The normalized spacial score (nSPS) is 10.7. The van der Waals surface area contributed by atoms with Gasteiger partial charge in [-0.3, -0.25) is 4.29 Å². The van der Waals surface area contributed by atoms with Crippen molar-refractivity contribution in [3.8, 4) is 0 Å². The molecule has 0 bridgehead atoms. The Hall–Kier alpha value is -2.09. The van der Waals surface area contributed by atoms with E-state index in [1.54, 1.807) is 0 Å². The molecule has 1 nitrogen and oxygen atoms in total. The zero-order chi connectivity index (χ0) is 17.4. The first-order valence-electron chi connectivity index (χ1n) is 8.26. The molecule has 0 saturated carbocycles. The third-order valence-electron chi connectivity index (χ3n) is 4.00. The highest BCUT2D eigenvalue weighted by Crippen LogP contribution is 2.42. The van der Waals surface area contributed by atoms with Crippen LogP contribution in [0.3, 0.4) is 0 Å². The lowest BCUT2D eigenvalue weighted by molar-refractivity contribution is 0.174. The first-order chi connectivity index (χ1) is 11.8. The highest BCUT2D eigenvalue weighted by Gasteiger charge is 2.38. The predicted molar refractivity (Wildman–Crippen MR) is 102 cm³/mol. The summed E-state index contributed by atoms with van der Waals surface area (Å²) in [5, 5.41) is 0. The van der Waals surface area contributed by atoms with Crippen LogP contribution in [-0.4, -0.2) is 0 Å². The van der Waals surface area contributed by atoms with E-state index in [9.17, 15) is 0 Å². The molecule has 0 saturated heterocycles. The van der Waals surface area contributed by atoms with E-state index in [0.717, 1.165) is 22.3 Å². The molecular formula is C22H23ClO. The molecule has 3 aromatic rings. The maximum absolute atomic E-state index is 6.10. The van der Waals surface area contributed by atoms with Crippen molar-refractivity contribution in [2.75, 3.05) is 0 Å². The van der Waals surface area contributed by atoms with E-state index < -0.39 is 5.60 Å². The molecule has 0 aromatic heterocycles. The molecule has 0 radical (unpaired) electrons. The van der Waals surface area contributed by atoms with Crippen LogP contribution < -0.4 is 0 Å². The summed E-state index contributed by atoms with van der Waals surface area (Å²) < 4.78 is 5.65. The van der Waals surface area contributed by atoms with Crippen molar-refractivity contribution in [2.24, 2.45) is 0 Å². The first-order valence-corrected chi connectivity index (χ1v) is 8.57. The summed E-state index contributed by atoms with van der Waals surface area (Å²) in [4.78, 5) is 0. The topological polar surface area (TPSA) is 9.23 Å². The Kier molecular flexibility index (Phi) is 6.60. The van der Waals surface area contributed by atoms with Crippen molar-refractivity contribution in [3.05, 3.63) is 107 Å². The van der Waals surface area contributed by atoms with Crippen LogP contribution >= 0.6 is 11.9 Å². The van der Waals surface area contributed by atoms with E-state index in [0.29, 0.717) is 0 Å². The Morgan fingerprint density at radius 1 is 0.667 bits per heavy atom. The van der Waals surface area contributed by atoms with Gasteiger partial charge >= 0.3 is 0 Å². The second-order valence-corrected chi connectivity index (χ2v) is 5.46. The summed E-state index contributed by atoms with van der Waals surface area (Å²) in [5.74, 6) is 0. The average Bonchev–Trinajstić information content (AvgIpc) is 2.67. The number of halogens is 1. The lowest BCUT2D eigenvalue weighted by atomic mass is 9.78.